The summed E-state index contributed by atoms with van der Waals surface area (Å²) in [5.41, 5.74) is 1.92. The van der Waals surface area contributed by atoms with Gasteiger partial charge in [-0.2, -0.15) is 0 Å². The maximum atomic E-state index is 12.8. The number of carbonyl (C=O) groups excluding carboxylic acids is 1. The first-order valence-corrected chi connectivity index (χ1v) is 8.90. The number of hydrogen-bond acceptors (Lipinski definition) is 3. The molecular weight excluding hydrogens is 298 g/mol. The highest BCUT2D eigenvalue weighted by Gasteiger charge is 2.30. The molecule has 1 amide bonds. The molecule has 0 spiro atoms. The summed E-state index contributed by atoms with van der Waals surface area (Å²) in [6.45, 7) is 3.04. The Morgan fingerprint density at radius 2 is 1.75 bits per heavy atom. The van der Waals surface area contributed by atoms with Crippen molar-refractivity contribution in [2.24, 2.45) is 0 Å². The second-order valence-electron chi connectivity index (χ2n) is 6.67. The normalized spacial score (nSPS) is 20.6. The Balaban J connectivity index is 1.53. The molecule has 124 valence electrons. The maximum Gasteiger partial charge on any atom is 0.254 e. The Labute approximate surface area is 143 Å². The van der Waals surface area contributed by atoms with Crippen LogP contribution in [0.2, 0.25) is 0 Å². The van der Waals surface area contributed by atoms with E-state index in [1.165, 1.54) is 12.8 Å². The van der Waals surface area contributed by atoms with E-state index in [4.69, 9.17) is 0 Å². The third-order valence-electron chi connectivity index (χ3n) is 5.12. The lowest BCUT2D eigenvalue weighted by Gasteiger charge is -2.25. The Kier molecular flexibility index (Phi) is 4.20. The van der Waals surface area contributed by atoms with Gasteiger partial charge in [0.05, 0.1) is 6.04 Å². The van der Waals surface area contributed by atoms with E-state index < -0.39 is 0 Å². The highest BCUT2D eigenvalue weighted by atomic mass is 16.2. The van der Waals surface area contributed by atoms with Crippen molar-refractivity contribution in [3.63, 3.8) is 0 Å². The Hall–Kier alpha value is -2.36. The van der Waals surface area contributed by atoms with Crippen molar-refractivity contribution < 1.29 is 4.79 Å². The average Bonchev–Trinajstić information content (AvgIpc) is 3.34. The number of amides is 1. The molecule has 1 atom stereocenters. The Morgan fingerprint density at radius 1 is 0.958 bits per heavy atom. The summed E-state index contributed by atoms with van der Waals surface area (Å²) >= 11 is 0. The minimum atomic E-state index is 0.127. The number of rotatable bonds is 3. The predicted octanol–water partition coefficient (Wildman–Crippen LogP) is 3.66. The molecular formula is C20H23N3O. The zero-order valence-corrected chi connectivity index (χ0v) is 13.9. The zero-order chi connectivity index (χ0) is 16.4. The summed E-state index contributed by atoms with van der Waals surface area (Å²) in [6, 6.07) is 14.0. The molecule has 2 fully saturated rings. The summed E-state index contributed by atoms with van der Waals surface area (Å²) in [4.78, 5) is 21.8. The SMILES string of the molecule is O=C(c1ccccc1)N1CCC[C@@H]1c1ccc(N2CCCC2)nc1. The van der Waals surface area contributed by atoms with Crippen LogP contribution in [0.25, 0.3) is 0 Å². The fourth-order valence-electron chi connectivity index (χ4n) is 3.83. The van der Waals surface area contributed by atoms with E-state index in [1.54, 1.807) is 0 Å². The monoisotopic (exact) mass is 321 g/mol. The number of hydrogen-bond donors (Lipinski definition) is 0. The summed E-state index contributed by atoms with van der Waals surface area (Å²) in [5.74, 6) is 1.19. The van der Waals surface area contributed by atoms with Crippen LogP contribution in [0, 0.1) is 0 Å². The van der Waals surface area contributed by atoms with Crippen molar-refractivity contribution in [3.05, 3.63) is 59.8 Å². The van der Waals surface area contributed by atoms with Crippen LogP contribution >= 0.6 is 0 Å². The summed E-state index contributed by atoms with van der Waals surface area (Å²) in [6.07, 6.45) is 6.55. The number of anilines is 1. The molecule has 0 aliphatic carbocycles. The van der Waals surface area contributed by atoms with Gasteiger partial charge < -0.3 is 9.80 Å². The number of likely N-dealkylation sites (tertiary alicyclic amines) is 1. The van der Waals surface area contributed by atoms with E-state index in [0.717, 1.165) is 49.4 Å². The molecule has 0 bridgehead atoms. The second kappa shape index (κ2) is 6.63. The summed E-state index contributed by atoms with van der Waals surface area (Å²) in [7, 11) is 0. The summed E-state index contributed by atoms with van der Waals surface area (Å²) in [5, 5.41) is 0. The molecule has 1 aromatic carbocycles. The van der Waals surface area contributed by atoms with E-state index in [2.05, 4.69) is 22.0 Å². The molecule has 4 rings (SSSR count). The first-order valence-electron chi connectivity index (χ1n) is 8.90. The van der Waals surface area contributed by atoms with E-state index in [9.17, 15) is 4.79 Å². The van der Waals surface area contributed by atoms with Crippen LogP contribution in [-0.4, -0.2) is 35.4 Å². The topological polar surface area (TPSA) is 36.4 Å². The first kappa shape index (κ1) is 15.2. The van der Waals surface area contributed by atoms with Gasteiger partial charge in [-0.1, -0.05) is 24.3 Å². The second-order valence-corrected chi connectivity index (χ2v) is 6.67. The standard InChI is InChI=1S/C20H23N3O/c24-20(16-7-2-1-3-8-16)23-14-6-9-18(23)17-10-11-19(21-15-17)22-12-4-5-13-22/h1-3,7-8,10-11,15,18H,4-6,9,12-14H2/t18-/m1/s1. The van der Waals surface area contributed by atoms with Crippen molar-refractivity contribution in [3.8, 4) is 0 Å². The number of nitrogens with zero attached hydrogens (tertiary/aromatic N) is 3. The average molecular weight is 321 g/mol. The van der Waals surface area contributed by atoms with Crippen LogP contribution in [0.15, 0.2) is 48.7 Å². The molecule has 2 aliphatic heterocycles. The molecule has 4 nitrogen and oxygen atoms in total. The van der Waals surface area contributed by atoms with Gasteiger partial charge >= 0.3 is 0 Å². The molecule has 0 radical (unpaired) electrons. The van der Waals surface area contributed by atoms with Crippen LogP contribution in [0.4, 0.5) is 5.82 Å². The lowest BCUT2D eigenvalue weighted by Crippen LogP contribution is -2.30. The van der Waals surface area contributed by atoms with Crippen LogP contribution in [0.1, 0.15) is 47.6 Å². The van der Waals surface area contributed by atoms with E-state index in [0.29, 0.717) is 0 Å². The zero-order valence-electron chi connectivity index (χ0n) is 13.9. The van der Waals surface area contributed by atoms with Gasteiger partial charge in [0.2, 0.25) is 0 Å². The molecule has 24 heavy (non-hydrogen) atoms. The van der Waals surface area contributed by atoms with Crippen molar-refractivity contribution >= 4 is 11.7 Å². The quantitative estimate of drug-likeness (QED) is 0.865. The van der Waals surface area contributed by atoms with Crippen molar-refractivity contribution in [2.45, 2.75) is 31.7 Å². The van der Waals surface area contributed by atoms with Gasteiger partial charge in [-0.3, -0.25) is 4.79 Å². The van der Waals surface area contributed by atoms with Crippen molar-refractivity contribution in [1.29, 1.82) is 0 Å². The number of aromatic nitrogens is 1. The molecule has 2 aliphatic rings. The van der Waals surface area contributed by atoms with Crippen LogP contribution in [-0.2, 0) is 0 Å². The van der Waals surface area contributed by atoms with Crippen LogP contribution < -0.4 is 4.90 Å². The van der Waals surface area contributed by atoms with Gasteiger partial charge in [-0.25, -0.2) is 4.98 Å². The first-order chi connectivity index (χ1) is 11.8. The minimum Gasteiger partial charge on any atom is -0.357 e. The molecule has 2 aromatic rings. The van der Waals surface area contributed by atoms with Gasteiger partial charge in [0.1, 0.15) is 5.82 Å². The molecule has 0 saturated carbocycles. The van der Waals surface area contributed by atoms with Crippen molar-refractivity contribution in [1.82, 2.24) is 9.88 Å². The predicted molar refractivity (Wildman–Crippen MR) is 95.1 cm³/mol. The van der Waals surface area contributed by atoms with Gasteiger partial charge in [-0.15, -0.1) is 0 Å². The molecule has 0 unspecified atom stereocenters. The third-order valence-corrected chi connectivity index (χ3v) is 5.12. The summed E-state index contributed by atoms with van der Waals surface area (Å²) < 4.78 is 0. The molecule has 2 saturated heterocycles. The fourth-order valence-corrected chi connectivity index (χ4v) is 3.83. The molecule has 0 N–H and O–H groups in total. The Bertz CT molecular complexity index is 693. The maximum absolute atomic E-state index is 12.8. The third kappa shape index (κ3) is 2.88. The minimum absolute atomic E-state index is 0.127. The number of pyridine rings is 1. The van der Waals surface area contributed by atoms with E-state index in [-0.39, 0.29) is 11.9 Å². The number of benzene rings is 1. The molecule has 1 aromatic heterocycles. The van der Waals surface area contributed by atoms with Crippen molar-refractivity contribution in [2.75, 3.05) is 24.5 Å². The smallest absolute Gasteiger partial charge is 0.254 e. The Morgan fingerprint density at radius 3 is 2.46 bits per heavy atom. The van der Waals surface area contributed by atoms with Gasteiger partial charge in [-0.05, 0) is 49.4 Å². The van der Waals surface area contributed by atoms with Gasteiger partial charge in [0, 0.05) is 31.4 Å². The lowest BCUT2D eigenvalue weighted by atomic mass is 10.1. The van der Waals surface area contributed by atoms with Gasteiger partial charge in [0.25, 0.3) is 5.91 Å². The number of carbonyl (C=O) groups is 1. The van der Waals surface area contributed by atoms with Crippen LogP contribution in [0.3, 0.4) is 0 Å². The fraction of sp³-hybridized carbons (Fsp3) is 0.400. The van der Waals surface area contributed by atoms with E-state index >= 15 is 0 Å². The van der Waals surface area contributed by atoms with Crippen LogP contribution in [0.5, 0.6) is 0 Å². The highest BCUT2D eigenvalue weighted by Crippen LogP contribution is 2.33. The highest BCUT2D eigenvalue weighted by molar-refractivity contribution is 5.94. The largest absolute Gasteiger partial charge is 0.357 e. The lowest BCUT2D eigenvalue weighted by molar-refractivity contribution is 0.0735. The van der Waals surface area contributed by atoms with E-state index in [1.807, 2.05) is 41.4 Å². The molecule has 3 heterocycles. The molecule has 4 heteroatoms. The van der Waals surface area contributed by atoms with Gasteiger partial charge in [0.15, 0.2) is 0 Å².